The smallest absolute Gasteiger partial charge is 0.150 e. The van der Waals surface area contributed by atoms with E-state index in [1.165, 1.54) is 5.56 Å². The maximum absolute atomic E-state index is 4.63. The van der Waals surface area contributed by atoms with E-state index in [1.807, 2.05) is 18.5 Å². The number of H-pyrrole nitrogens is 1. The normalized spacial score (nSPS) is 11.1. The van der Waals surface area contributed by atoms with Gasteiger partial charge in [0.2, 0.25) is 0 Å². The quantitative estimate of drug-likeness (QED) is 0.695. The van der Waals surface area contributed by atoms with Gasteiger partial charge in [-0.25, -0.2) is 9.97 Å². The molecule has 1 aromatic carbocycles. The van der Waals surface area contributed by atoms with E-state index in [0.717, 1.165) is 27.4 Å². The van der Waals surface area contributed by atoms with Gasteiger partial charge in [0.1, 0.15) is 0 Å². The molecule has 2 heterocycles. The molecule has 80 valence electrons. The fraction of sp³-hybridized carbons (Fsp3) is 0.167. The van der Waals surface area contributed by atoms with Crippen LogP contribution in [0.15, 0.2) is 23.7 Å². The predicted octanol–water partition coefficient (Wildman–Crippen LogP) is 3.30. The first kappa shape index (κ1) is 9.54. The molecule has 0 aliphatic rings. The molecule has 1 N–H and O–H groups in total. The molecule has 0 fully saturated rings. The van der Waals surface area contributed by atoms with Crippen LogP contribution in [0.25, 0.3) is 21.7 Å². The Morgan fingerprint density at radius 2 is 2.12 bits per heavy atom. The highest BCUT2D eigenvalue weighted by Crippen LogP contribution is 2.27. The molecule has 0 atom stereocenters. The van der Waals surface area contributed by atoms with E-state index < -0.39 is 0 Å². The van der Waals surface area contributed by atoms with Crippen molar-refractivity contribution in [3.8, 4) is 10.7 Å². The van der Waals surface area contributed by atoms with Gasteiger partial charge < -0.3 is 4.98 Å². The van der Waals surface area contributed by atoms with Crippen molar-refractivity contribution in [2.45, 2.75) is 13.8 Å². The zero-order chi connectivity index (χ0) is 11.1. The van der Waals surface area contributed by atoms with Gasteiger partial charge >= 0.3 is 0 Å². The SMILES string of the molecule is Cc1ncsc1-c1nc2c(C)cccc2[nH]1. The minimum Gasteiger partial charge on any atom is -0.337 e. The molecule has 0 bridgehead atoms. The molecular formula is C12H11N3S. The molecule has 3 aromatic rings. The van der Waals surface area contributed by atoms with E-state index in [1.54, 1.807) is 11.3 Å². The summed E-state index contributed by atoms with van der Waals surface area (Å²) in [6.07, 6.45) is 0. The number of imidazole rings is 1. The highest BCUT2D eigenvalue weighted by atomic mass is 32.1. The molecule has 0 aliphatic heterocycles. The average Bonchev–Trinajstić information content (AvgIpc) is 2.84. The van der Waals surface area contributed by atoms with Crippen molar-refractivity contribution in [1.29, 1.82) is 0 Å². The molecule has 3 nitrogen and oxygen atoms in total. The van der Waals surface area contributed by atoms with Crippen LogP contribution in [0.1, 0.15) is 11.3 Å². The summed E-state index contributed by atoms with van der Waals surface area (Å²) in [6.45, 7) is 4.08. The van der Waals surface area contributed by atoms with E-state index in [0.29, 0.717) is 0 Å². The summed E-state index contributed by atoms with van der Waals surface area (Å²) in [4.78, 5) is 13.3. The minimum absolute atomic E-state index is 0.921. The van der Waals surface area contributed by atoms with E-state index in [2.05, 4.69) is 34.0 Å². The summed E-state index contributed by atoms with van der Waals surface area (Å²) in [5.41, 5.74) is 6.21. The first-order chi connectivity index (χ1) is 7.75. The first-order valence-corrected chi connectivity index (χ1v) is 5.99. The number of para-hydroxylation sites is 1. The summed E-state index contributed by atoms with van der Waals surface area (Å²) >= 11 is 1.62. The Hall–Kier alpha value is -1.68. The molecule has 2 aromatic heterocycles. The number of rotatable bonds is 1. The van der Waals surface area contributed by atoms with Crippen LogP contribution in [0.5, 0.6) is 0 Å². The Morgan fingerprint density at radius 1 is 1.25 bits per heavy atom. The van der Waals surface area contributed by atoms with Crippen LogP contribution in [0.3, 0.4) is 0 Å². The number of hydrogen-bond acceptors (Lipinski definition) is 3. The molecule has 16 heavy (non-hydrogen) atoms. The third-order valence-corrected chi connectivity index (χ3v) is 3.61. The van der Waals surface area contributed by atoms with Crippen molar-refractivity contribution in [2.24, 2.45) is 0 Å². The van der Waals surface area contributed by atoms with Gasteiger partial charge in [-0.1, -0.05) is 12.1 Å². The number of benzene rings is 1. The third-order valence-electron chi connectivity index (χ3n) is 2.68. The van der Waals surface area contributed by atoms with Crippen LogP contribution in [-0.2, 0) is 0 Å². The molecule has 0 radical (unpaired) electrons. The standard InChI is InChI=1S/C12H11N3S/c1-7-4-3-5-9-10(7)15-12(14-9)11-8(2)13-6-16-11/h3-6H,1-2H3,(H,14,15). The third kappa shape index (κ3) is 1.34. The Bertz CT molecular complexity index is 651. The maximum atomic E-state index is 4.63. The van der Waals surface area contributed by atoms with Gasteiger partial charge in [-0.15, -0.1) is 11.3 Å². The van der Waals surface area contributed by atoms with Crippen LogP contribution in [0.2, 0.25) is 0 Å². The van der Waals surface area contributed by atoms with Crippen LogP contribution in [0, 0.1) is 13.8 Å². The molecule has 0 unspecified atom stereocenters. The first-order valence-electron chi connectivity index (χ1n) is 5.11. The molecule has 3 rings (SSSR count). The summed E-state index contributed by atoms with van der Waals surface area (Å²) in [7, 11) is 0. The van der Waals surface area contributed by atoms with Crippen molar-refractivity contribution in [2.75, 3.05) is 0 Å². The zero-order valence-corrected chi connectivity index (χ0v) is 9.93. The predicted molar refractivity (Wildman–Crippen MR) is 66.7 cm³/mol. The molecule has 0 amide bonds. The lowest BCUT2D eigenvalue weighted by Gasteiger charge is -1.90. The zero-order valence-electron chi connectivity index (χ0n) is 9.11. The van der Waals surface area contributed by atoms with Crippen LogP contribution in [-0.4, -0.2) is 15.0 Å². The Balaban J connectivity index is 2.27. The van der Waals surface area contributed by atoms with Gasteiger partial charge in [0.05, 0.1) is 27.1 Å². The number of aromatic nitrogens is 3. The van der Waals surface area contributed by atoms with Crippen molar-refractivity contribution in [3.63, 3.8) is 0 Å². The van der Waals surface area contributed by atoms with Gasteiger partial charge in [-0.2, -0.15) is 0 Å². The molecule has 4 heteroatoms. The molecular weight excluding hydrogens is 218 g/mol. The van der Waals surface area contributed by atoms with Crippen LogP contribution >= 0.6 is 11.3 Å². The van der Waals surface area contributed by atoms with Crippen molar-refractivity contribution < 1.29 is 0 Å². The van der Waals surface area contributed by atoms with Crippen molar-refractivity contribution in [3.05, 3.63) is 35.0 Å². The van der Waals surface area contributed by atoms with Gasteiger partial charge in [0, 0.05) is 0 Å². The number of thiazole rings is 1. The van der Waals surface area contributed by atoms with Crippen LogP contribution in [0.4, 0.5) is 0 Å². The topological polar surface area (TPSA) is 41.6 Å². The number of aromatic amines is 1. The Labute approximate surface area is 97.2 Å². The lowest BCUT2D eigenvalue weighted by atomic mass is 10.2. The van der Waals surface area contributed by atoms with E-state index in [9.17, 15) is 0 Å². The van der Waals surface area contributed by atoms with Crippen LogP contribution < -0.4 is 0 Å². The fourth-order valence-electron chi connectivity index (χ4n) is 1.81. The second-order valence-corrected chi connectivity index (χ2v) is 4.68. The minimum atomic E-state index is 0.921. The lowest BCUT2D eigenvalue weighted by molar-refractivity contribution is 1.24. The average molecular weight is 229 g/mol. The fourth-order valence-corrected chi connectivity index (χ4v) is 2.56. The summed E-state index contributed by atoms with van der Waals surface area (Å²) < 4.78 is 0. The number of hydrogen-bond donors (Lipinski definition) is 1. The second kappa shape index (κ2) is 3.42. The number of nitrogens with one attached hydrogen (secondary N) is 1. The van der Waals surface area contributed by atoms with Crippen molar-refractivity contribution >= 4 is 22.4 Å². The summed E-state index contributed by atoms with van der Waals surface area (Å²) in [5.74, 6) is 0.921. The summed E-state index contributed by atoms with van der Waals surface area (Å²) in [6, 6.07) is 6.17. The second-order valence-electron chi connectivity index (χ2n) is 3.82. The van der Waals surface area contributed by atoms with Gasteiger partial charge in [-0.05, 0) is 25.5 Å². The number of aryl methyl sites for hydroxylation is 2. The highest BCUT2D eigenvalue weighted by Gasteiger charge is 2.10. The highest BCUT2D eigenvalue weighted by molar-refractivity contribution is 7.13. The van der Waals surface area contributed by atoms with E-state index >= 15 is 0 Å². The van der Waals surface area contributed by atoms with Gasteiger partial charge in [-0.3, -0.25) is 0 Å². The number of nitrogens with zero attached hydrogens (tertiary/aromatic N) is 2. The largest absolute Gasteiger partial charge is 0.337 e. The maximum Gasteiger partial charge on any atom is 0.150 e. The summed E-state index contributed by atoms with van der Waals surface area (Å²) in [5, 5.41) is 0. The molecule has 0 aliphatic carbocycles. The van der Waals surface area contributed by atoms with E-state index in [-0.39, 0.29) is 0 Å². The number of fused-ring (bicyclic) bond motifs is 1. The molecule has 0 spiro atoms. The Kier molecular flexibility index (Phi) is 2.04. The molecule has 0 saturated carbocycles. The lowest BCUT2D eigenvalue weighted by Crippen LogP contribution is -1.79. The van der Waals surface area contributed by atoms with Gasteiger partial charge in [0.15, 0.2) is 5.82 Å². The van der Waals surface area contributed by atoms with Crippen molar-refractivity contribution in [1.82, 2.24) is 15.0 Å². The van der Waals surface area contributed by atoms with Gasteiger partial charge in [0.25, 0.3) is 0 Å². The molecule has 0 saturated heterocycles. The monoisotopic (exact) mass is 229 g/mol. The van der Waals surface area contributed by atoms with E-state index in [4.69, 9.17) is 0 Å². The Morgan fingerprint density at radius 3 is 2.81 bits per heavy atom.